The highest BCUT2D eigenvalue weighted by molar-refractivity contribution is 7.71. The van der Waals surface area contributed by atoms with Gasteiger partial charge in [-0.2, -0.15) is 0 Å². The first-order valence-electron chi connectivity index (χ1n) is 9.21. The molecule has 1 amide bonds. The number of nitrogens with one attached hydrogen (secondary N) is 2. The maximum Gasteiger partial charge on any atom is 0.266 e. The number of nitrogens with zero attached hydrogens (tertiary/aromatic N) is 1. The maximum atomic E-state index is 12.8. The molecule has 6 nitrogen and oxygen atoms in total. The van der Waals surface area contributed by atoms with Gasteiger partial charge < -0.3 is 15.0 Å². The summed E-state index contributed by atoms with van der Waals surface area (Å²) in [5, 5.41) is 3.42. The van der Waals surface area contributed by atoms with Crippen LogP contribution in [0.4, 0.5) is 0 Å². The van der Waals surface area contributed by atoms with E-state index in [9.17, 15) is 9.59 Å². The van der Waals surface area contributed by atoms with Crippen LogP contribution in [-0.4, -0.2) is 34.7 Å². The number of amides is 1. The van der Waals surface area contributed by atoms with Crippen LogP contribution in [0, 0.1) is 4.77 Å². The summed E-state index contributed by atoms with van der Waals surface area (Å²) in [6.07, 6.45) is 0.942. The molecule has 0 radical (unpaired) electrons. The summed E-state index contributed by atoms with van der Waals surface area (Å²) in [5.41, 5.74) is 1.64. The molecular weight excluding hydrogens is 374 g/mol. The van der Waals surface area contributed by atoms with Gasteiger partial charge in [0.2, 0.25) is 0 Å². The van der Waals surface area contributed by atoms with E-state index in [1.807, 2.05) is 32.0 Å². The van der Waals surface area contributed by atoms with Crippen LogP contribution < -0.4 is 10.9 Å². The number of hydrogen-bond acceptors (Lipinski definition) is 4. The van der Waals surface area contributed by atoms with E-state index in [4.69, 9.17) is 17.0 Å². The number of rotatable bonds is 7. The van der Waals surface area contributed by atoms with E-state index in [0.29, 0.717) is 40.1 Å². The first-order valence-corrected chi connectivity index (χ1v) is 9.62. The highest BCUT2D eigenvalue weighted by Crippen LogP contribution is 2.12. The number of hydrogen-bond donors (Lipinski definition) is 2. The number of carbonyl (C=O) groups excluding carboxylic acids is 1. The van der Waals surface area contributed by atoms with Crippen molar-refractivity contribution in [1.82, 2.24) is 14.9 Å². The number of fused-ring (bicyclic) bond motifs is 1. The summed E-state index contributed by atoms with van der Waals surface area (Å²) < 4.78 is 7.19. The highest BCUT2D eigenvalue weighted by Gasteiger charge is 2.09. The number of para-hydroxylation sites is 1. The molecule has 0 bridgehead atoms. The van der Waals surface area contributed by atoms with Crippen molar-refractivity contribution >= 4 is 29.0 Å². The second kappa shape index (κ2) is 8.95. The van der Waals surface area contributed by atoms with Crippen LogP contribution in [0.2, 0.25) is 0 Å². The predicted molar refractivity (Wildman–Crippen MR) is 113 cm³/mol. The second-order valence-corrected chi connectivity index (χ2v) is 7.08. The molecule has 0 aliphatic heterocycles. The van der Waals surface area contributed by atoms with Gasteiger partial charge in [-0.25, -0.2) is 0 Å². The molecule has 0 spiro atoms. The quantitative estimate of drug-likeness (QED) is 0.472. The molecule has 146 valence electrons. The van der Waals surface area contributed by atoms with Crippen molar-refractivity contribution in [3.05, 3.63) is 69.2 Å². The normalized spacial score (nSPS) is 11.1. The van der Waals surface area contributed by atoms with E-state index >= 15 is 0 Å². The Hall–Kier alpha value is -2.77. The Balaban J connectivity index is 1.74. The van der Waals surface area contributed by atoms with Gasteiger partial charge in [-0.15, -0.1) is 0 Å². The summed E-state index contributed by atoms with van der Waals surface area (Å²) in [7, 11) is 0. The molecule has 0 unspecified atom stereocenters. The topological polar surface area (TPSA) is 76.1 Å². The summed E-state index contributed by atoms with van der Waals surface area (Å²) in [4.78, 5) is 28.1. The van der Waals surface area contributed by atoms with Crippen molar-refractivity contribution in [2.24, 2.45) is 0 Å². The zero-order valence-corrected chi connectivity index (χ0v) is 16.7. The fourth-order valence-electron chi connectivity index (χ4n) is 2.85. The van der Waals surface area contributed by atoms with Crippen molar-refractivity contribution in [2.45, 2.75) is 26.4 Å². The minimum Gasteiger partial charge on any atom is -0.379 e. The first kappa shape index (κ1) is 20.0. The Labute approximate surface area is 168 Å². The van der Waals surface area contributed by atoms with Gasteiger partial charge in [0.05, 0.1) is 22.7 Å². The van der Waals surface area contributed by atoms with E-state index in [2.05, 4.69) is 10.3 Å². The van der Waals surface area contributed by atoms with Crippen molar-refractivity contribution in [1.29, 1.82) is 0 Å². The molecule has 3 aromatic rings. The number of benzene rings is 2. The second-order valence-electron chi connectivity index (χ2n) is 6.69. The Morgan fingerprint density at radius 1 is 1.18 bits per heavy atom. The smallest absolute Gasteiger partial charge is 0.266 e. The lowest BCUT2D eigenvalue weighted by molar-refractivity contribution is 0.0757. The van der Waals surface area contributed by atoms with Crippen LogP contribution in [-0.2, 0) is 4.74 Å². The Morgan fingerprint density at radius 2 is 1.89 bits per heavy atom. The van der Waals surface area contributed by atoms with Crippen molar-refractivity contribution in [3.63, 3.8) is 0 Å². The van der Waals surface area contributed by atoms with Gasteiger partial charge in [-0.05, 0) is 68.9 Å². The molecule has 0 atom stereocenters. The van der Waals surface area contributed by atoms with Crippen LogP contribution in [0.15, 0.2) is 53.3 Å². The fraction of sp³-hybridized carbons (Fsp3) is 0.286. The zero-order valence-electron chi connectivity index (χ0n) is 15.9. The third-order valence-corrected chi connectivity index (χ3v) is 4.54. The van der Waals surface area contributed by atoms with E-state index < -0.39 is 0 Å². The van der Waals surface area contributed by atoms with Crippen molar-refractivity contribution in [3.8, 4) is 5.69 Å². The molecule has 0 fully saturated rings. The summed E-state index contributed by atoms with van der Waals surface area (Å²) >= 11 is 5.35. The number of H-pyrrole nitrogens is 1. The predicted octanol–water partition coefficient (Wildman–Crippen LogP) is 3.59. The Bertz CT molecular complexity index is 1080. The average Bonchev–Trinajstić information content (AvgIpc) is 2.68. The third-order valence-electron chi connectivity index (χ3n) is 4.25. The first-order chi connectivity index (χ1) is 13.5. The minimum atomic E-state index is -0.193. The highest BCUT2D eigenvalue weighted by atomic mass is 32.1. The lowest BCUT2D eigenvalue weighted by atomic mass is 10.2. The number of aromatic nitrogens is 2. The molecule has 0 saturated carbocycles. The SMILES string of the molecule is CC(C)OCCCNC(=O)c1ccc(-n2c(=S)[nH]c3ccccc3c2=O)cc1. The van der Waals surface area contributed by atoms with E-state index in [-0.39, 0.29) is 17.6 Å². The monoisotopic (exact) mass is 397 g/mol. The molecule has 28 heavy (non-hydrogen) atoms. The third kappa shape index (κ3) is 4.55. The van der Waals surface area contributed by atoms with Gasteiger partial charge in [0.25, 0.3) is 11.5 Å². The van der Waals surface area contributed by atoms with Crippen LogP contribution in [0.25, 0.3) is 16.6 Å². The van der Waals surface area contributed by atoms with Crippen LogP contribution in [0.3, 0.4) is 0 Å². The summed E-state index contributed by atoms with van der Waals surface area (Å²) in [6, 6.07) is 14.0. The van der Waals surface area contributed by atoms with Crippen LogP contribution in [0.5, 0.6) is 0 Å². The molecule has 0 saturated heterocycles. The summed E-state index contributed by atoms with van der Waals surface area (Å²) in [6.45, 7) is 5.11. The van der Waals surface area contributed by atoms with E-state index in [0.717, 1.165) is 6.42 Å². The molecule has 3 rings (SSSR count). The molecule has 7 heteroatoms. The lowest BCUT2D eigenvalue weighted by Crippen LogP contribution is -2.25. The number of ether oxygens (including phenoxy) is 1. The molecule has 2 N–H and O–H groups in total. The largest absolute Gasteiger partial charge is 0.379 e. The molecule has 0 aliphatic rings. The van der Waals surface area contributed by atoms with Crippen LogP contribution in [0.1, 0.15) is 30.6 Å². The van der Waals surface area contributed by atoms with E-state index in [1.165, 1.54) is 4.57 Å². The van der Waals surface area contributed by atoms with Gasteiger partial charge in [-0.1, -0.05) is 12.1 Å². The molecule has 2 aromatic carbocycles. The molecule has 1 heterocycles. The van der Waals surface area contributed by atoms with Gasteiger partial charge in [0.1, 0.15) is 0 Å². The van der Waals surface area contributed by atoms with Gasteiger partial charge in [-0.3, -0.25) is 14.2 Å². The van der Waals surface area contributed by atoms with Gasteiger partial charge >= 0.3 is 0 Å². The molecular formula is C21H23N3O3S. The zero-order chi connectivity index (χ0) is 20.1. The molecule has 1 aromatic heterocycles. The molecule has 0 aliphatic carbocycles. The fourth-order valence-corrected chi connectivity index (χ4v) is 3.15. The van der Waals surface area contributed by atoms with Crippen molar-refractivity contribution < 1.29 is 9.53 Å². The Kier molecular flexibility index (Phi) is 6.38. The maximum absolute atomic E-state index is 12.8. The van der Waals surface area contributed by atoms with Crippen molar-refractivity contribution in [2.75, 3.05) is 13.2 Å². The number of carbonyl (C=O) groups is 1. The average molecular weight is 398 g/mol. The van der Waals surface area contributed by atoms with E-state index in [1.54, 1.807) is 30.3 Å². The minimum absolute atomic E-state index is 0.160. The van der Waals surface area contributed by atoms with Crippen LogP contribution >= 0.6 is 12.2 Å². The Morgan fingerprint density at radius 3 is 2.61 bits per heavy atom. The van der Waals surface area contributed by atoms with Gasteiger partial charge in [0, 0.05) is 18.7 Å². The summed E-state index contributed by atoms with van der Waals surface area (Å²) in [5.74, 6) is -0.160. The standard InChI is InChI=1S/C21H23N3O3S/c1-14(2)27-13-5-12-22-19(25)15-8-10-16(11-9-15)24-20(26)17-6-3-4-7-18(17)23-21(24)28/h3-4,6-11,14H,5,12-13H2,1-2H3,(H,22,25)(H,23,28). The van der Waals surface area contributed by atoms with Gasteiger partial charge in [0.15, 0.2) is 4.77 Å². The number of aromatic amines is 1. The lowest BCUT2D eigenvalue weighted by Gasteiger charge is -2.10.